The van der Waals surface area contributed by atoms with E-state index in [4.69, 9.17) is 0 Å². The van der Waals surface area contributed by atoms with Gasteiger partial charge in [-0.1, -0.05) is 11.8 Å². The van der Waals surface area contributed by atoms with Crippen LogP contribution in [0.3, 0.4) is 0 Å². The average molecular weight is 416 g/mol. The van der Waals surface area contributed by atoms with Crippen molar-refractivity contribution in [3.8, 4) is 5.69 Å². The quantitative estimate of drug-likeness (QED) is 0.451. The highest BCUT2D eigenvalue weighted by Gasteiger charge is 2.16. The Morgan fingerprint density at radius 1 is 1.00 bits per heavy atom. The molecule has 0 spiro atoms. The van der Waals surface area contributed by atoms with Gasteiger partial charge in [0, 0.05) is 31.1 Å². The number of nitrogens with zero attached hydrogens (tertiary/aromatic N) is 3. The minimum absolute atomic E-state index is 0.0800. The first-order valence-corrected chi connectivity index (χ1v) is 9.79. The zero-order valence-electron chi connectivity index (χ0n) is 15.6. The van der Waals surface area contributed by atoms with Crippen LogP contribution in [0.15, 0.2) is 53.7 Å². The van der Waals surface area contributed by atoms with E-state index in [1.54, 1.807) is 16.7 Å². The Balaban J connectivity index is 1.80. The SMILES string of the molecule is CC(=O)NCCc1nnc(SCC(=O)c2ccc(F)cc2)n1-c1ccc(F)cc1. The van der Waals surface area contributed by atoms with Crippen molar-refractivity contribution in [2.75, 3.05) is 12.3 Å². The molecule has 3 rings (SSSR count). The molecule has 1 aromatic heterocycles. The Morgan fingerprint density at radius 3 is 2.24 bits per heavy atom. The maximum absolute atomic E-state index is 13.3. The van der Waals surface area contributed by atoms with E-state index in [0.29, 0.717) is 35.2 Å². The molecule has 6 nitrogen and oxygen atoms in total. The van der Waals surface area contributed by atoms with Crippen molar-refractivity contribution < 1.29 is 18.4 Å². The van der Waals surface area contributed by atoms with E-state index < -0.39 is 5.82 Å². The molecule has 0 saturated heterocycles. The fourth-order valence-electron chi connectivity index (χ4n) is 2.60. The minimum atomic E-state index is -0.408. The van der Waals surface area contributed by atoms with E-state index in [0.717, 1.165) is 0 Å². The molecule has 0 atom stereocenters. The zero-order valence-corrected chi connectivity index (χ0v) is 16.4. The fraction of sp³-hybridized carbons (Fsp3) is 0.200. The molecular formula is C20H18F2N4O2S. The van der Waals surface area contributed by atoms with Crippen molar-refractivity contribution in [1.82, 2.24) is 20.1 Å². The van der Waals surface area contributed by atoms with Gasteiger partial charge < -0.3 is 5.32 Å². The van der Waals surface area contributed by atoms with Crippen LogP contribution in [-0.4, -0.2) is 38.8 Å². The number of thioether (sulfide) groups is 1. The molecule has 1 N–H and O–H groups in total. The molecule has 0 radical (unpaired) electrons. The molecule has 150 valence electrons. The van der Waals surface area contributed by atoms with E-state index in [9.17, 15) is 18.4 Å². The molecule has 0 aliphatic rings. The Morgan fingerprint density at radius 2 is 1.62 bits per heavy atom. The highest BCUT2D eigenvalue weighted by Crippen LogP contribution is 2.23. The van der Waals surface area contributed by atoms with E-state index >= 15 is 0 Å². The van der Waals surface area contributed by atoms with Crippen LogP contribution in [0.4, 0.5) is 8.78 Å². The summed E-state index contributed by atoms with van der Waals surface area (Å²) >= 11 is 1.18. The van der Waals surface area contributed by atoms with E-state index in [2.05, 4.69) is 15.5 Å². The number of benzene rings is 2. The lowest BCUT2D eigenvalue weighted by Crippen LogP contribution is -2.23. The van der Waals surface area contributed by atoms with Crippen molar-refractivity contribution in [2.24, 2.45) is 0 Å². The number of halogens is 2. The second kappa shape index (κ2) is 9.42. The van der Waals surface area contributed by atoms with Crippen LogP contribution in [0.1, 0.15) is 23.1 Å². The van der Waals surface area contributed by atoms with Gasteiger partial charge in [0.1, 0.15) is 17.5 Å². The Hall–Kier alpha value is -3.07. The van der Waals surface area contributed by atoms with Crippen LogP contribution in [-0.2, 0) is 11.2 Å². The summed E-state index contributed by atoms with van der Waals surface area (Å²) in [6, 6.07) is 11.2. The number of amides is 1. The van der Waals surface area contributed by atoms with Crippen molar-refractivity contribution in [1.29, 1.82) is 0 Å². The van der Waals surface area contributed by atoms with Crippen LogP contribution in [0, 0.1) is 11.6 Å². The number of aromatic nitrogens is 3. The molecule has 3 aromatic rings. The van der Waals surface area contributed by atoms with Gasteiger partial charge in [-0.15, -0.1) is 10.2 Å². The van der Waals surface area contributed by atoms with Crippen LogP contribution in [0.25, 0.3) is 5.69 Å². The van der Waals surface area contributed by atoms with Gasteiger partial charge in [-0.3, -0.25) is 14.2 Å². The van der Waals surface area contributed by atoms with E-state index in [-0.39, 0.29) is 23.3 Å². The first kappa shape index (κ1) is 20.7. The predicted molar refractivity (Wildman–Crippen MR) is 105 cm³/mol. The molecule has 1 amide bonds. The number of hydrogen-bond donors (Lipinski definition) is 1. The smallest absolute Gasteiger partial charge is 0.216 e. The number of rotatable bonds is 8. The fourth-order valence-corrected chi connectivity index (χ4v) is 3.47. The van der Waals surface area contributed by atoms with Gasteiger partial charge in [0.25, 0.3) is 0 Å². The third-order valence-electron chi connectivity index (χ3n) is 4.01. The summed E-state index contributed by atoms with van der Waals surface area (Å²) in [5.74, 6) is -0.462. The number of nitrogens with one attached hydrogen (secondary N) is 1. The van der Waals surface area contributed by atoms with Crippen LogP contribution < -0.4 is 5.32 Å². The molecule has 0 fully saturated rings. The van der Waals surface area contributed by atoms with E-state index in [1.807, 2.05) is 0 Å². The number of Topliss-reactive ketones (excluding diaryl/α,β-unsaturated/α-hetero) is 1. The molecule has 0 saturated carbocycles. The summed E-state index contributed by atoms with van der Waals surface area (Å²) in [5.41, 5.74) is 1.04. The standard InChI is InChI=1S/C20H18F2N4O2S/c1-13(27)23-11-10-19-24-25-20(26(19)17-8-6-16(22)7-9-17)29-12-18(28)14-2-4-15(21)5-3-14/h2-9H,10-12H2,1H3,(H,23,27). The summed E-state index contributed by atoms with van der Waals surface area (Å²) in [5, 5.41) is 11.5. The van der Waals surface area contributed by atoms with Gasteiger partial charge in [0.15, 0.2) is 10.9 Å². The number of hydrogen-bond acceptors (Lipinski definition) is 5. The third-order valence-corrected chi connectivity index (χ3v) is 4.94. The predicted octanol–water partition coefficient (Wildman–Crippen LogP) is 3.20. The third kappa shape index (κ3) is 5.47. The molecule has 1 heterocycles. The second-order valence-electron chi connectivity index (χ2n) is 6.16. The lowest BCUT2D eigenvalue weighted by atomic mass is 10.1. The molecule has 2 aromatic carbocycles. The van der Waals surface area contributed by atoms with Crippen molar-refractivity contribution in [3.63, 3.8) is 0 Å². The first-order valence-electron chi connectivity index (χ1n) is 8.80. The van der Waals surface area contributed by atoms with Crippen LogP contribution in [0.5, 0.6) is 0 Å². The zero-order chi connectivity index (χ0) is 20.8. The summed E-state index contributed by atoms with van der Waals surface area (Å²) in [6.07, 6.45) is 0.413. The topological polar surface area (TPSA) is 76.9 Å². The normalized spacial score (nSPS) is 10.7. The van der Waals surface area contributed by atoms with Gasteiger partial charge in [-0.2, -0.15) is 0 Å². The molecular weight excluding hydrogens is 398 g/mol. The van der Waals surface area contributed by atoms with Gasteiger partial charge in [0.2, 0.25) is 5.91 Å². The summed E-state index contributed by atoms with van der Waals surface area (Å²) in [7, 11) is 0. The highest BCUT2D eigenvalue weighted by molar-refractivity contribution is 7.99. The van der Waals surface area contributed by atoms with Gasteiger partial charge >= 0.3 is 0 Å². The van der Waals surface area contributed by atoms with Gasteiger partial charge in [-0.25, -0.2) is 8.78 Å². The molecule has 0 bridgehead atoms. The first-order chi connectivity index (χ1) is 13.9. The lowest BCUT2D eigenvalue weighted by Gasteiger charge is -2.10. The largest absolute Gasteiger partial charge is 0.356 e. The Kier molecular flexibility index (Phi) is 6.71. The van der Waals surface area contributed by atoms with Crippen LogP contribution >= 0.6 is 11.8 Å². The number of ketones is 1. The number of carbonyl (C=O) groups excluding carboxylic acids is 2. The monoisotopic (exact) mass is 416 g/mol. The van der Waals surface area contributed by atoms with Gasteiger partial charge in [0.05, 0.1) is 5.75 Å². The van der Waals surface area contributed by atoms with Gasteiger partial charge in [-0.05, 0) is 48.5 Å². The maximum atomic E-state index is 13.3. The van der Waals surface area contributed by atoms with Crippen molar-refractivity contribution in [2.45, 2.75) is 18.5 Å². The van der Waals surface area contributed by atoms with Crippen molar-refractivity contribution >= 4 is 23.5 Å². The highest BCUT2D eigenvalue weighted by atomic mass is 32.2. The molecule has 0 unspecified atom stereocenters. The summed E-state index contributed by atoms with van der Waals surface area (Å²) in [6.45, 7) is 1.79. The maximum Gasteiger partial charge on any atom is 0.216 e. The molecule has 0 aliphatic carbocycles. The second-order valence-corrected chi connectivity index (χ2v) is 7.10. The van der Waals surface area contributed by atoms with Crippen molar-refractivity contribution in [3.05, 3.63) is 71.6 Å². The number of carbonyl (C=O) groups is 2. The average Bonchev–Trinajstić information content (AvgIpc) is 3.10. The molecule has 9 heteroatoms. The Labute approximate surface area is 170 Å². The Bertz CT molecular complexity index is 1000. The van der Waals surface area contributed by atoms with Crippen LogP contribution in [0.2, 0.25) is 0 Å². The lowest BCUT2D eigenvalue weighted by molar-refractivity contribution is -0.118. The van der Waals surface area contributed by atoms with E-state index in [1.165, 1.54) is 55.1 Å². The summed E-state index contributed by atoms with van der Waals surface area (Å²) in [4.78, 5) is 23.5. The summed E-state index contributed by atoms with van der Waals surface area (Å²) < 4.78 is 28.1. The molecule has 29 heavy (non-hydrogen) atoms. The minimum Gasteiger partial charge on any atom is -0.356 e. The molecule has 0 aliphatic heterocycles.